The minimum absolute atomic E-state index is 0.117. The Balaban J connectivity index is 2.85. The zero-order chi connectivity index (χ0) is 15.1. The third kappa shape index (κ3) is 3.58. The van der Waals surface area contributed by atoms with Crippen LogP contribution in [0.5, 0.6) is 5.75 Å². The fourth-order valence-corrected chi connectivity index (χ4v) is 2.02. The van der Waals surface area contributed by atoms with Crippen molar-refractivity contribution >= 4 is 11.7 Å². The Morgan fingerprint density at radius 2 is 2.05 bits per heavy atom. The second-order valence-electron chi connectivity index (χ2n) is 4.49. The van der Waals surface area contributed by atoms with Crippen molar-refractivity contribution in [2.45, 2.75) is 19.3 Å². The van der Waals surface area contributed by atoms with Gasteiger partial charge in [-0.2, -0.15) is 5.26 Å². The molecule has 1 amide bonds. The van der Waals surface area contributed by atoms with Gasteiger partial charge in [0, 0.05) is 13.5 Å². The first-order valence-corrected chi connectivity index (χ1v) is 6.32. The zero-order valence-corrected chi connectivity index (χ0v) is 11.8. The van der Waals surface area contributed by atoms with Crippen LogP contribution in [0.4, 0.5) is 0 Å². The molecule has 0 aromatic heterocycles. The molecule has 106 valence electrons. The summed E-state index contributed by atoms with van der Waals surface area (Å²) in [4.78, 5) is 23.5. The van der Waals surface area contributed by atoms with Crippen LogP contribution in [0.15, 0.2) is 24.3 Å². The van der Waals surface area contributed by atoms with E-state index in [0.717, 1.165) is 5.56 Å². The highest BCUT2D eigenvalue weighted by Gasteiger charge is 2.27. The summed E-state index contributed by atoms with van der Waals surface area (Å²) in [7, 11) is 2.97. The van der Waals surface area contributed by atoms with Crippen LogP contribution in [0.25, 0.3) is 0 Å². The van der Waals surface area contributed by atoms with Gasteiger partial charge in [0.15, 0.2) is 11.7 Å². The normalized spacial score (nSPS) is 12.9. The van der Waals surface area contributed by atoms with Crippen LogP contribution in [0.2, 0.25) is 0 Å². The van der Waals surface area contributed by atoms with Gasteiger partial charge in [-0.05, 0) is 17.5 Å². The highest BCUT2D eigenvalue weighted by atomic mass is 16.5. The molecule has 0 radical (unpaired) electrons. The van der Waals surface area contributed by atoms with Crippen molar-refractivity contribution in [2.24, 2.45) is 5.92 Å². The van der Waals surface area contributed by atoms with Gasteiger partial charge in [0.1, 0.15) is 5.75 Å². The second kappa shape index (κ2) is 7.29. The number of methoxy groups -OCH3 is 1. The highest BCUT2D eigenvalue weighted by Crippen LogP contribution is 2.29. The van der Waals surface area contributed by atoms with E-state index in [1.165, 1.54) is 7.05 Å². The third-order valence-electron chi connectivity index (χ3n) is 3.14. The number of benzene rings is 1. The summed E-state index contributed by atoms with van der Waals surface area (Å²) in [5, 5.41) is 11.3. The number of nitriles is 1. The largest absolute Gasteiger partial charge is 0.496 e. The standard InChI is InChI=1S/C15H18N2O3/c1-10(11-6-4-5-7-14(11)20-3)8-13(18)12(9-16)15(19)17-2/h4-7,10,12H,8H2,1-3H3,(H,17,19)/t10-,12-/m1/s1. The first kappa shape index (κ1) is 15.7. The zero-order valence-electron chi connectivity index (χ0n) is 11.8. The molecule has 20 heavy (non-hydrogen) atoms. The Kier molecular flexibility index (Phi) is 5.73. The van der Waals surface area contributed by atoms with Crippen molar-refractivity contribution in [3.8, 4) is 11.8 Å². The molecule has 0 fully saturated rings. The minimum Gasteiger partial charge on any atom is -0.496 e. The van der Waals surface area contributed by atoms with Crippen molar-refractivity contribution in [1.82, 2.24) is 5.32 Å². The molecule has 0 aliphatic heterocycles. The van der Waals surface area contributed by atoms with Crippen LogP contribution in [0.3, 0.4) is 0 Å². The summed E-state index contributed by atoms with van der Waals surface area (Å²) < 4.78 is 5.25. The first-order valence-electron chi connectivity index (χ1n) is 6.32. The van der Waals surface area contributed by atoms with E-state index in [9.17, 15) is 9.59 Å². The van der Waals surface area contributed by atoms with Crippen LogP contribution in [0.1, 0.15) is 24.8 Å². The molecule has 0 bridgehead atoms. The van der Waals surface area contributed by atoms with Crippen LogP contribution in [0, 0.1) is 17.2 Å². The maximum Gasteiger partial charge on any atom is 0.244 e. The highest BCUT2D eigenvalue weighted by molar-refractivity contribution is 6.04. The Morgan fingerprint density at radius 1 is 1.40 bits per heavy atom. The van der Waals surface area contributed by atoms with E-state index in [4.69, 9.17) is 10.00 Å². The van der Waals surface area contributed by atoms with E-state index in [1.54, 1.807) is 13.2 Å². The summed E-state index contributed by atoms with van der Waals surface area (Å²) in [5.74, 6) is -1.63. The van der Waals surface area contributed by atoms with Gasteiger partial charge in [-0.1, -0.05) is 25.1 Å². The maximum atomic E-state index is 12.0. The average molecular weight is 274 g/mol. The molecule has 0 spiro atoms. The first-order chi connectivity index (χ1) is 9.54. The summed E-state index contributed by atoms with van der Waals surface area (Å²) >= 11 is 0. The number of amides is 1. The predicted molar refractivity (Wildman–Crippen MR) is 74.2 cm³/mol. The number of rotatable bonds is 6. The number of nitrogens with one attached hydrogen (secondary N) is 1. The minimum atomic E-state index is -1.25. The lowest BCUT2D eigenvalue weighted by Gasteiger charge is -2.16. The molecule has 1 aromatic rings. The molecule has 0 saturated heterocycles. The van der Waals surface area contributed by atoms with Crippen molar-refractivity contribution < 1.29 is 14.3 Å². The molecule has 2 atom stereocenters. The molecule has 0 saturated carbocycles. The third-order valence-corrected chi connectivity index (χ3v) is 3.14. The number of Topliss-reactive ketones (excluding diaryl/α,β-unsaturated/α-hetero) is 1. The van der Waals surface area contributed by atoms with Crippen LogP contribution < -0.4 is 10.1 Å². The number of hydrogen-bond donors (Lipinski definition) is 1. The Labute approximate surface area is 118 Å². The summed E-state index contributed by atoms with van der Waals surface area (Å²) in [6.07, 6.45) is 0.117. The van der Waals surface area contributed by atoms with Crippen LogP contribution in [-0.4, -0.2) is 25.8 Å². The van der Waals surface area contributed by atoms with Crippen molar-refractivity contribution in [3.63, 3.8) is 0 Å². The molecule has 1 rings (SSSR count). The lowest BCUT2D eigenvalue weighted by Crippen LogP contribution is -2.32. The number of para-hydroxylation sites is 1. The number of carbonyl (C=O) groups is 2. The molecule has 0 aliphatic rings. The summed E-state index contributed by atoms with van der Waals surface area (Å²) in [6, 6.07) is 9.14. The van der Waals surface area contributed by atoms with Gasteiger partial charge >= 0.3 is 0 Å². The number of carbonyl (C=O) groups excluding carboxylic acids is 2. The number of ether oxygens (including phenoxy) is 1. The smallest absolute Gasteiger partial charge is 0.244 e. The molecule has 0 aliphatic carbocycles. The quantitative estimate of drug-likeness (QED) is 0.800. The lowest BCUT2D eigenvalue weighted by atomic mass is 9.90. The van der Waals surface area contributed by atoms with Crippen LogP contribution in [-0.2, 0) is 9.59 Å². The SMILES string of the molecule is CNC(=O)[C@H](C#N)C(=O)C[C@@H](C)c1ccccc1OC. The van der Waals surface area contributed by atoms with E-state index >= 15 is 0 Å². The Morgan fingerprint density at radius 3 is 2.60 bits per heavy atom. The van der Waals surface area contributed by atoms with E-state index in [-0.39, 0.29) is 18.1 Å². The molecule has 1 N–H and O–H groups in total. The Bertz CT molecular complexity index is 534. The van der Waals surface area contributed by atoms with Gasteiger partial charge in [-0.3, -0.25) is 9.59 Å². The van der Waals surface area contributed by atoms with Gasteiger partial charge < -0.3 is 10.1 Å². The van der Waals surface area contributed by atoms with E-state index in [2.05, 4.69) is 5.32 Å². The molecule has 5 nitrogen and oxygen atoms in total. The van der Waals surface area contributed by atoms with Gasteiger partial charge in [-0.25, -0.2) is 0 Å². The van der Waals surface area contributed by atoms with Gasteiger partial charge in [-0.15, -0.1) is 0 Å². The van der Waals surface area contributed by atoms with Gasteiger partial charge in [0.05, 0.1) is 13.2 Å². The molecular weight excluding hydrogens is 256 g/mol. The van der Waals surface area contributed by atoms with E-state index < -0.39 is 11.8 Å². The molecular formula is C15H18N2O3. The maximum absolute atomic E-state index is 12.0. The van der Waals surface area contributed by atoms with Gasteiger partial charge in [0.2, 0.25) is 5.91 Å². The fraction of sp³-hybridized carbons (Fsp3) is 0.400. The van der Waals surface area contributed by atoms with E-state index in [0.29, 0.717) is 5.75 Å². The van der Waals surface area contributed by atoms with Crippen LogP contribution >= 0.6 is 0 Å². The average Bonchev–Trinajstić information content (AvgIpc) is 2.47. The summed E-state index contributed by atoms with van der Waals surface area (Å²) in [6.45, 7) is 1.87. The molecule has 5 heteroatoms. The van der Waals surface area contributed by atoms with Crippen molar-refractivity contribution in [1.29, 1.82) is 5.26 Å². The van der Waals surface area contributed by atoms with E-state index in [1.807, 2.05) is 31.2 Å². The number of hydrogen-bond acceptors (Lipinski definition) is 4. The predicted octanol–water partition coefficient (Wildman–Crippen LogP) is 1.64. The number of nitrogens with zero attached hydrogens (tertiary/aromatic N) is 1. The topological polar surface area (TPSA) is 79.2 Å². The lowest BCUT2D eigenvalue weighted by molar-refractivity contribution is -0.131. The summed E-state index contributed by atoms with van der Waals surface area (Å²) in [5.41, 5.74) is 0.886. The second-order valence-corrected chi connectivity index (χ2v) is 4.49. The van der Waals surface area contributed by atoms with Crippen molar-refractivity contribution in [3.05, 3.63) is 29.8 Å². The molecule has 1 aromatic carbocycles. The number of ketones is 1. The van der Waals surface area contributed by atoms with Gasteiger partial charge in [0.25, 0.3) is 0 Å². The monoisotopic (exact) mass is 274 g/mol. The Hall–Kier alpha value is -2.35. The fourth-order valence-electron chi connectivity index (χ4n) is 2.02. The molecule has 0 unspecified atom stereocenters. The molecule has 0 heterocycles. The van der Waals surface area contributed by atoms with Crippen molar-refractivity contribution in [2.75, 3.05) is 14.2 Å².